The van der Waals surface area contributed by atoms with E-state index in [1.807, 2.05) is 0 Å². The normalized spacial score (nSPS) is 14.0. The van der Waals surface area contributed by atoms with E-state index in [0.717, 1.165) is 18.9 Å². The topological polar surface area (TPSA) is 93.6 Å². The van der Waals surface area contributed by atoms with Gasteiger partial charge in [0.05, 0.1) is 37.8 Å². The van der Waals surface area contributed by atoms with Gasteiger partial charge in [0.2, 0.25) is 0 Å². The third-order valence-electron chi connectivity index (χ3n) is 3.86. The first-order valence-corrected chi connectivity index (χ1v) is 8.40. The number of aromatic nitrogens is 2. The van der Waals surface area contributed by atoms with Crippen molar-refractivity contribution in [2.75, 3.05) is 43.1 Å². The lowest BCUT2D eigenvalue weighted by Gasteiger charge is -2.27. The third kappa shape index (κ3) is 4.34. The Morgan fingerprint density at radius 2 is 1.88 bits per heavy atom. The minimum Gasteiger partial charge on any atom is -0.462 e. The number of anilines is 2. The van der Waals surface area contributed by atoms with Gasteiger partial charge in [0.25, 0.3) is 5.91 Å². The summed E-state index contributed by atoms with van der Waals surface area (Å²) in [5.74, 6) is -0.0338. The number of hydrogen-bond donors (Lipinski definition) is 1. The van der Waals surface area contributed by atoms with Crippen molar-refractivity contribution < 1.29 is 19.1 Å². The number of hydrogen-bond acceptors (Lipinski definition) is 7. The van der Waals surface area contributed by atoms with Gasteiger partial charge in [-0.05, 0) is 31.2 Å². The Morgan fingerprint density at radius 1 is 1.15 bits per heavy atom. The van der Waals surface area contributed by atoms with E-state index in [-0.39, 0.29) is 11.6 Å². The molecule has 1 aliphatic heterocycles. The van der Waals surface area contributed by atoms with Crippen molar-refractivity contribution in [1.82, 2.24) is 9.97 Å². The second kappa shape index (κ2) is 8.39. The zero-order valence-electron chi connectivity index (χ0n) is 14.5. The number of nitrogens with one attached hydrogen (secondary N) is 1. The molecule has 1 saturated heterocycles. The number of rotatable bonds is 5. The first-order valence-electron chi connectivity index (χ1n) is 8.40. The van der Waals surface area contributed by atoms with Gasteiger partial charge in [0.1, 0.15) is 11.5 Å². The molecule has 0 radical (unpaired) electrons. The maximum atomic E-state index is 12.3. The lowest BCUT2D eigenvalue weighted by atomic mass is 10.2. The lowest BCUT2D eigenvalue weighted by molar-refractivity contribution is 0.0526. The van der Waals surface area contributed by atoms with Gasteiger partial charge in [-0.25, -0.2) is 14.8 Å². The van der Waals surface area contributed by atoms with Crippen LogP contribution in [-0.4, -0.2) is 54.8 Å². The lowest BCUT2D eigenvalue weighted by Crippen LogP contribution is -2.36. The summed E-state index contributed by atoms with van der Waals surface area (Å²) in [5, 5.41) is 2.73. The maximum absolute atomic E-state index is 12.3. The van der Waals surface area contributed by atoms with Gasteiger partial charge >= 0.3 is 5.97 Å². The third-order valence-corrected chi connectivity index (χ3v) is 3.86. The van der Waals surface area contributed by atoms with Crippen LogP contribution in [0.2, 0.25) is 0 Å². The Balaban J connectivity index is 1.61. The van der Waals surface area contributed by atoms with Crippen LogP contribution in [0.4, 0.5) is 11.5 Å². The second-order valence-electron chi connectivity index (χ2n) is 5.61. The van der Waals surface area contributed by atoms with Gasteiger partial charge in [-0.15, -0.1) is 0 Å². The summed E-state index contributed by atoms with van der Waals surface area (Å²) in [6.07, 6.45) is 3.04. The first kappa shape index (κ1) is 17.8. The largest absolute Gasteiger partial charge is 0.462 e. The molecular formula is C18H20N4O4. The fraction of sp³-hybridized carbons (Fsp3) is 0.333. The first-order chi connectivity index (χ1) is 12.7. The second-order valence-corrected chi connectivity index (χ2v) is 5.61. The summed E-state index contributed by atoms with van der Waals surface area (Å²) in [4.78, 5) is 34.5. The molecule has 8 heteroatoms. The van der Waals surface area contributed by atoms with Gasteiger partial charge < -0.3 is 19.7 Å². The van der Waals surface area contributed by atoms with Gasteiger partial charge in [-0.3, -0.25) is 4.79 Å². The number of esters is 1. The molecule has 2 aromatic rings. The van der Waals surface area contributed by atoms with Crippen LogP contribution in [-0.2, 0) is 9.47 Å². The summed E-state index contributed by atoms with van der Waals surface area (Å²) >= 11 is 0. The van der Waals surface area contributed by atoms with Gasteiger partial charge in [0.15, 0.2) is 0 Å². The van der Waals surface area contributed by atoms with Crippen molar-refractivity contribution in [3.8, 4) is 0 Å². The van der Waals surface area contributed by atoms with Crippen LogP contribution in [0.3, 0.4) is 0 Å². The van der Waals surface area contributed by atoms with Crippen molar-refractivity contribution >= 4 is 23.4 Å². The molecule has 3 rings (SSSR count). The fourth-order valence-electron chi connectivity index (χ4n) is 2.49. The zero-order chi connectivity index (χ0) is 18.4. The Bertz CT molecular complexity index is 756. The van der Waals surface area contributed by atoms with Gasteiger partial charge in [0, 0.05) is 18.8 Å². The van der Waals surface area contributed by atoms with E-state index in [1.54, 1.807) is 37.4 Å². The van der Waals surface area contributed by atoms with Crippen LogP contribution >= 0.6 is 0 Å². The van der Waals surface area contributed by atoms with Crippen LogP contribution in [0.5, 0.6) is 0 Å². The number of carbonyl (C=O) groups is 2. The molecule has 26 heavy (non-hydrogen) atoms. The molecule has 0 aliphatic carbocycles. The van der Waals surface area contributed by atoms with Crippen molar-refractivity contribution in [2.45, 2.75) is 6.92 Å². The Labute approximate surface area is 151 Å². The van der Waals surface area contributed by atoms with E-state index < -0.39 is 5.97 Å². The van der Waals surface area contributed by atoms with Gasteiger partial charge in [-0.2, -0.15) is 0 Å². The smallest absolute Gasteiger partial charge is 0.338 e. The standard InChI is InChI=1S/C18H20N4O4/c1-2-26-18(24)13-3-5-14(6-4-13)21-17(23)15-11-20-16(12-19-15)22-7-9-25-10-8-22/h3-6,11-12H,2,7-10H2,1H3,(H,21,23). The summed E-state index contributed by atoms with van der Waals surface area (Å²) in [6.45, 7) is 4.89. The van der Waals surface area contributed by atoms with E-state index >= 15 is 0 Å². The summed E-state index contributed by atoms with van der Waals surface area (Å²) in [6, 6.07) is 6.47. The maximum Gasteiger partial charge on any atom is 0.338 e. The fourth-order valence-corrected chi connectivity index (χ4v) is 2.49. The molecule has 0 unspecified atom stereocenters. The Hall–Kier alpha value is -3.00. The number of morpholine rings is 1. The molecule has 1 fully saturated rings. The molecule has 0 bridgehead atoms. The summed E-state index contributed by atoms with van der Waals surface area (Å²) in [5.41, 5.74) is 1.21. The van der Waals surface area contributed by atoms with Crippen molar-refractivity contribution in [3.63, 3.8) is 0 Å². The molecule has 8 nitrogen and oxygen atoms in total. The van der Waals surface area contributed by atoms with Crippen LogP contribution in [0.25, 0.3) is 0 Å². The van der Waals surface area contributed by atoms with E-state index in [4.69, 9.17) is 9.47 Å². The van der Waals surface area contributed by atoms with E-state index in [2.05, 4.69) is 20.2 Å². The highest BCUT2D eigenvalue weighted by Crippen LogP contribution is 2.14. The highest BCUT2D eigenvalue weighted by Gasteiger charge is 2.15. The number of benzene rings is 1. The molecule has 0 saturated carbocycles. The van der Waals surface area contributed by atoms with Crippen molar-refractivity contribution in [3.05, 3.63) is 47.9 Å². The quantitative estimate of drug-likeness (QED) is 0.816. The van der Waals surface area contributed by atoms with Crippen molar-refractivity contribution in [1.29, 1.82) is 0 Å². The number of nitrogens with zero attached hydrogens (tertiary/aromatic N) is 3. The zero-order valence-corrected chi connectivity index (χ0v) is 14.5. The Morgan fingerprint density at radius 3 is 2.50 bits per heavy atom. The molecular weight excluding hydrogens is 336 g/mol. The number of ether oxygens (including phenoxy) is 2. The van der Waals surface area contributed by atoms with Crippen molar-refractivity contribution in [2.24, 2.45) is 0 Å². The Kier molecular flexibility index (Phi) is 5.75. The molecule has 1 N–H and O–H groups in total. The molecule has 1 aliphatic rings. The average molecular weight is 356 g/mol. The summed E-state index contributed by atoms with van der Waals surface area (Å²) in [7, 11) is 0. The van der Waals surface area contributed by atoms with E-state index in [0.29, 0.717) is 31.1 Å². The van der Waals surface area contributed by atoms with E-state index in [1.165, 1.54) is 6.20 Å². The average Bonchev–Trinajstić information content (AvgIpc) is 2.69. The minimum absolute atomic E-state index is 0.219. The van der Waals surface area contributed by atoms with Crippen LogP contribution in [0, 0.1) is 0 Å². The highest BCUT2D eigenvalue weighted by atomic mass is 16.5. The summed E-state index contributed by atoms with van der Waals surface area (Å²) < 4.78 is 10.2. The molecule has 1 aromatic heterocycles. The molecule has 0 atom stereocenters. The predicted molar refractivity (Wildman–Crippen MR) is 95.4 cm³/mol. The van der Waals surface area contributed by atoms with Crippen LogP contribution in [0.15, 0.2) is 36.7 Å². The molecule has 2 heterocycles. The molecule has 136 valence electrons. The molecule has 0 spiro atoms. The highest BCUT2D eigenvalue weighted by molar-refractivity contribution is 6.03. The minimum atomic E-state index is -0.394. The van der Waals surface area contributed by atoms with E-state index in [9.17, 15) is 9.59 Å². The number of amides is 1. The number of carbonyl (C=O) groups excluding carboxylic acids is 2. The monoisotopic (exact) mass is 356 g/mol. The van der Waals surface area contributed by atoms with Gasteiger partial charge in [-0.1, -0.05) is 0 Å². The molecule has 1 amide bonds. The SMILES string of the molecule is CCOC(=O)c1ccc(NC(=O)c2cnc(N3CCOCC3)cn2)cc1. The van der Waals surface area contributed by atoms with Crippen LogP contribution < -0.4 is 10.2 Å². The molecule has 1 aromatic carbocycles. The predicted octanol–water partition coefficient (Wildman–Crippen LogP) is 1.74. The van der Waals surface area contributed by atoms with Crippen LogP contribution in [0.1, 0.15) is 27.8 Å².